The van der Waals surface area contributed by atoms with Crippen LogP contribution in [0.25, 0.3) is 0 Å². The van der Waals surface area contributed by atoms with E-state index in [4.69, 9.17) is 9.47 Å². The monoisotopic (exact) mass is 432 g/mol. The molecule has 6 nitrogen and oxygen atoms in total. The summed E-state index contributed by atoms with van der Waals surface area (Å²) in [6.45, 7) is 5.55. The summed E-state index contributed by atoms with van der Waals surface area (Å²) in [4.78, 5) is 25.3. The molecule has 0 radical (unpaired) electrons. The second kappa shape index (κ2) is 11.0. The number of carbonyl (C=O) groups is 2. The summed E-state index contributed by atoms with van der Waals surface area (Å²) in [6, 6.07) is 23.6. The number of hydrogen-bond acceptors (Lipinski definition) is 4. The first-order chi connectivity index (χ1) is 15.4. The smallest absolute Gasteiger partial charge is 0.259 e. The second-order valence-corrected chi connectivity index (χ2v) is 7.60. The highest BCUT2D eigenvalue weighted by molar-refractivity contribution is 6.06. The minimum absolute atomic E-state index is 0.0274. The lowest BCUT2D eigenvalue weighted by Gasteiger charge is -2.17. The van der Waals surface area contributed by atoms with Crippen molar-refractivity contribution < 1.29 is 19.1 Å². The molecule has 0 bridgehead atoms. The minimum atomic E-state index is -0.349. The number of para-hydroxylation sites is 3. The Bertz CT molecular complexity index is 1050. The van der Waals surface area contributed by atoms with Gasteiger partial charge in [-0.05, 0) is 50.6 Å². The standard InChI is InChI=1S/C26H28N2O4/c1-18(2)32-24-16-10-8-14-22(24)28-26(30)21-13-7-9-15-23(21)31-17-25(29)27-19(3)20-11-5-4-6-12-20/h4-16,18-19H,17H2,1-3H3,(H,27,29)(H,28,30). The maximum absolute atomic E-state index is 12.9. The van der Waals surface area contributed by atoms with Crippen LogP contribution in [0, 0.1) is 0 Å². The first-order valence-electron chi connectivity index (χ1n) is 10.6. The fraction of sp³-hybridized carbons (Fsp3) is 0.231. The average Bonchev–Trinajstić information content (AvgIpc) is 2.79. The van der Waals surface area contributed by atoms with E-state index < -0.39 is 0 Å². The van der Waals surface area contributed by atoms with E-state index in [9.17, 15) is 9.59 Å². The quantitative estimate of drug-likeness (QED) is 0.500. The van der Waals surface area contributed by atoms with Crippen LogP contribution in [0.2, 0.25) is 0 Å². The number of rotatable bonds is 9. The Labute approximate surface area is 188 Å². The van der Waals surface area contributed by atoms with Gasteiger partial charge in [-0.3, -0.25) is 9.59 Å². The van der Waals surface area contributed by atoms with Crippen LogP contribution in [-0.4, -0.2) is 24.5 Å². The molecule has 3 aromatic carbocycles. The molecular weight excluding hydrogens is 404 g/mol. The van der Waals surface area contributed by atoms with Gasteiger partial charge in [0, 0.05) is 0 Å². The lowest BCUT2D eigenvalue weighted by Crippen LogP contribution is -2.31. The van der Waals surface area contributed by atoms with Crippen LogP contribution in [0.15, 0.2) is 78.9 Å². The van der Waals surface area contributed by atoms with E-state index in [-0.39, 0.29) is 30.6 Å². The molecule has 1 unspecified atom stereocenters. The Morgan fingerprint density at radius 3 is 2.16 bits per heavy atom. The molecule has 0 aliphatic carbocycles. The summed E-state index contributed by atoms with van der Waals surface area (Å²) in [5, 5.41) is 5.77. The Kier molecular flexibility index (Phi) is 7.86. The Balaban J connectivity index is 1.64. The van der Waals surface area contributed by atoms with Crippen molar-refractivity contribution in [3.05, 3.63) is 90.0 Å². The minimum Gasteiger partial charge on any atom is -0.489 e. The van der Waals surface area contributed by atoms with Gasteiger partial charge < -0.3 is 20.1 Å². The average molecular weight is 433 g/mol. The van der Waals surface area contributed by atoms with Crippen molar-refractivity contribution in [3.63, 3.8) is 0 Å². The molecule has 0 heterocycles. The summed E-state index contributed by atoms with van der Waals surface area (Å²) in [7, 11) is 0. The van der Waals surface area contributed by atoms with Gasteiger partial charge in [0.05, 0.1) is 23.4 Å². The molecule has 0 aliphatic rings. The van der Waals surface area contributed by atoms with Gasteiger partial charge in [0.2, 0.25) is 0 Å². The molecule has 1 atom stereocenters. The van der Waals surface area contributed by atoms with E-state index >= 15 is 0 Å². The van der Waals surface area contributed by atoms with Crippen molar-refractivity contribution in [2.75, 3.05) is 11.9 Å². The molecule has 2 N–H and O–H groups in total. The van der Waals surface area contributed by atoms with Gasteiger partial charge in [-0.1, -0.05) is 54.6 Å². The molecule has 0 fully saturated rings. The summed E-state index contributed by atoms with van der Waals surface area (Å²) in [6.07, 6.45) is -0.0274. The number of nitrogens with one attached hydrogen (secondary N) is 2. The molecule has 32 heavy (non-hydrogen) atoms. The van der Waals surface area contributed by atoms with E-state index in [0.717, 1.165) is 5.56 Å². The number of hydrogen-bond donors (Lipinski definition) is 2. The van der Waals surface area contributed by atoms with Gasteiger partial charge in [0.25, 0.3) is 11.8 Å². The molecule has 0 spiro atoms. The zero-order valence-corrected chi connectivity index (χ0v) is 18.5. The van der Waals surface area contributed by atoms with Crippen LogP contribution in [0.1, 0.15) is 42.7 Å². The van der Waals surface area contributed by atoms with Crippen molar-refractivity contribution in [3.8, 4) is 11.5 Å². The van der Waals surface area contributed by atoms with E-state index in [1.807, 2.05) is 63.2 Å². The van der Waals surface area contributed by atoms with Gasteiger partial charge >= 0.3 is 0 Å². The Morgan fingerprint density at radius 1 is 0.812 bits per heavy atom. The summed E-state index contributed by atoms with van der Waals surface area (Å²) in [5.74, 6) is 0.295. The third-order valence-electron chi connectivity index (χ3n) is 4.67. The van der Waals surface area contributed by atoms with Crippen molar-refractivity contribution in [1.29, 1.82) is 0 Å². The Hall–Kier alpha value is -3.80. The van der Waals surface area contributed by atoms with Crippen molar-refractivity contribution in [2.24, 2.45) is 0 Å². The molecule has 6 heteroatoms. The molecular formula is C26H28N2O4. The van der Waals surface area contributed by atoms with Gasteiger partial charge in [0.1, 0.15) is 11.5 Å². The van der Waals surface area contributed by atoms with Gasteiger partial charge in [0.15, 0.2) is 6.61 Å². The van der Waals surface area contributed by atoms with Crippen LogP contribution in [0.3, 0.4) is 0 Å². The van der Waals surface area contributed by atoms with Crippen LogP contribution >= 0.6 is 0 Å². The van der Waals surface area contributed by atoms with Crippen LogP contribution in [-0.2, 0) is 4.79 Å². The molecule has 0 aliphatic heterocycles. The zero-order valence-electron chi connectivity index (χ0n) is 18.5. The van der Waals surface area contributed by atoms with Crippen molar-refractivity contribution in [1.82, 2.24) is 5.32 Å². The third-order valence-corrected chi connectivity index (χ3v) is 4.67. The van der Waals surface area contributed by atoms with E-state index in [1.54, 1.807) is 36.4 Å². The Morgan fingerprint density at radius 2 is 1.44 bits per heavy atom. The lowest BCUT2D eigenvalue weighted by molar-refractivity contribution is -0.123. The van der Waals surface area contributed by atoms with Gasteiger partial charge in [-0.25, -0.2) is 0 Å². The number of amides is 2. The largest absolute Gasteiger partial charge is 0.489 e. The fourth-order valence-corrected chi connectivity index (χ4v) is 3.15. The van der Waals surface area contributed by atoms with Crippen LogP contribution in [0.4, 0.5) is 5.69 Å². The maximum Gasteiger partial charge on any atom is 0.259 e. The predicted octanol–water partition coefficient (Wildman–Crippen LogP) is 4.98. The molecule has 0 aromatic heterocycles. The van der Waals surface area contributed by atoms with E-state index in [2.05, 4.69) is 10.6 Å². The number of carbonyl (C=O) groups excluding carboxylic acids is 2. The zero-order chi connectivity index (χ0) is 22.9. The summed E-state index contributed by atoms with van der Waals surface area (Å²) in [5.41, 5.74) is 1.90. The molecule has 2 amide bonds. The van der Waals surface area contributed by atoms with E-state index in [0.29, 0.717) is 22.7 Å². The first-order valence-corrected chi connectivity index (χ1v) is 10.6. The summed E-state index contributed by atoms with van der Waals surface area (Å²) < 4.78 is 11.5. The normalized spacial score (nSPS) is 11.5. The molecule has 3 rings (SSSR count). The highest BCUT2D eigenvalue weighted by Gasteiger charge is 2.16. The third kappa shape index (κ3) is 6.35. The highest BCUT2D eigenvalue weighted by Crippen LogP contribution is 2.27. The number of anilines is 1. The number of ether oxygens (including phenoxy) is 2. The van der Waals surface area contributed by atoms with Crippen LogP contribution < -0.4 is 20.1 Å². The predicted molar refractivity (Wildman–Crippen MR) is 125 cm³/mol. The maximum atomic E-state index is 12.9. The second-order valence-electron chi connectivity index (χ2n) is 7.60. The van der Waals surface area contributed by atoms with Gasteiger partial charge in [-0.15, -0.1) is 0 Å². The van der Waals surface area contributed by atoms with E-state index in [1.165, 1.54) is 0 Å². The lowest BCUT2D eigenvalue weighted by atomic mass is 10.1. The topological polar surface area (TPSA) is 76.7 Å². The molecule has 0 saturated heterocycles. The van der Waals surface area contributed by atoms with Crippen LogP contribution in [0.5, 0.6) is 11.5 Å². The summed E-state index contributed by atoms with van der Waals surface area (Å²) >= 11 is 0. The fourth-order valence-electron chi connectivity index (χ4n) is 3.15. The first kappa shape index (κ1) is 22.9. The van der Waals surface area contributed by atoms with Gasteiger partial charge in [-0.2, -0.15) is 0 Å². The molecule has 166 valence electrons. The SMILES string of the molecule is CC(C)Oc1ccccc1NC(=O)c1ccccc1OCC(=O)NC(C)c1ccccc1. The highest BCUT2D eigenvalue weighted by atomic mass is 16.5. The molecule has 3 aromatic rings. The van der Waals surface area contributed by atoms with Crippen molar-refractivity contribution >= 4 is 17.5 Å². The molecule has 0 saturated carbocycles. The van der Waals surface area contributed by atoms with Crippen molar-refractivity contribution in [2.45, 2.75) is 32.9 Å². The number of benzene rings is 3.